The highest BCUT2D eigenvalue weighted by atomic mass is 16.5. The van der Waals surface area contributed by atoms with Gasteiger partial charge in [-0.05, 0) is 23.3 Å². The van der Waals surface area contributed by atoms with Gasteiger partial charge < -0.3 is 15.0 Å². The van der Waals surface area contributed by atoms with Gasteiger partial charge in [0.2, 0.25) is 0 Å². The number of esters is 1. The van der Waals surface area contributed by atoms with Crippen molar-refractivity contribution >= 4 is 28.1 Å². The molecule has 0 fully saturated rings. The summed E-state index contributed by atoms with van der Waals surface area (Å²) in [5.74, 6) is -0.425. The molecular formula is C21H18N2O2. The van der Waals surface area contributed by atoms with Crippen LogP contribution in [0.4, 0.5) is 0 Å². The quantitative estimate of drug-likeness (QED) is 0.731. The molecular weight excluding hydrogens is 312 g/mol. The summed E-state index contributed by atoms with van der Waals surface area (Å²) in [5.41, 5.74) is 11.0. The number of nitrogens with zero attached hydrogens (tertiary/aromatic N) is 1. The number of fused-ring (bicyclic) bond motifs is 3. The molecule has 1 aliphatic rings. The Balaban J connectivity index is 2.00. The van der Waals surface area contributed by atoms with E-state index in [1.807, 2.05) is 60.7 Å². The van der Waals surface area contributed by atoms with E-state index in [4.69, 9.17) is 10.5 Å². The van der Waals surface area contributed by atoms with E-state index in [0.29, 0.717) is 17.8 Å². The Morgan fingerprint density at radius 3 is 2.56 bits per heavy atom. The van der Waals surface area contributed by atoms with E-state index >= 15 is 0 Å². The number of ether oxygens (including phenoxy) is 1. The number of allylic oxidation sites excluding steroid dienone is 1. The van der Waals surface area contributed by atoms with Gasteiger partial charge in [-0.15, -0.1) is 0 Å². The lowest BCUT2D eigenvalue weighted by molar-refractivity contribution is -0.135. The van der Waals surface area contributed by atoms with Gasteiger partial charge in [0.25, 0.3) is 0 Å². The zero-order valence-corrected chi connectivity index (χ0v) is 13.9. The molecule has 0 amide bonds. The van der Waals surface area contributed by atoms with E-state index in [1.54, 1.807) is 0 Å². The van der Waals surface area contributed by atoms with E-state index < -0.39 is 5.97 Å². The molecule has 2 N–H and O–H groups in total. The Kier molecular flexibility index (Phi) is 3.65. The van der Waals surface area contributed by atoms with E-state index in [1.165, 1.54) is 7.11 Å². The standard InChI is InChI=1S/C21H18N2O2/c1-25-21(24)19-16(14-7-3-2-4-8-14)11-12-23-17-10-6-5-9-15(17)13-18(23)20(19)22/h2-11,13H,12,22H2,1H3. The molecule has 1 aliphatic heterocycles. The van der Waals surface area contributed by atoms with Crippen molar-refractivity contribution in [2.24, 2.45) is 5.73 Å². The number of rotatable bonds is 2. The average Bonchev–Trinajstić information content (AvgIpc) is 2.96. The second-order valence-corrected chi connectivity index (χ2v) is 5.96. The number of carbonyl (C=O) groups is 1. The lowest BCUT2D eigenvalue weighted by Crippen LogP contribution is -2.13. The molecule has 0 atom stereocenters. The fourth-order valence-electron chi connectivity index (χ4n) is 3.39. The minimum absolute atomic E-state index is 0.412. The van der Waals surface area contributed by atoms with Crippen LogP contribution in [0.1, 0.15) is 11.3 Å². The monoisotopic (exact) mass is 330 g/mol. The van der Waals surface area contributed by atoms with Crippen LogP contribution < -0.4 is 5.73 Å². The Morgan fingerprint density at radius 2 is 1.80 bits per heavy atom. The molecule has 25 heavy (non-hydrogen) atoms. The largest absolute Gasteiger partial charge is 0.465 e. The van der Waals surface area contributed by atoms with Crippen molar-refractivity contribution in [2.45, 2.75) is 6.54 Å². The molecule has 4 heteroatoms. The van der Waals surface area contributed by atoms with Crippen LogP contribution >= 0.6 is 0 Å². The first-order valence-electron chi connectivity index (χ1n) is 8.13. The molecule has 2 aromatic carbocycles. The fraction of sp³-hybridized carbons (Fsp3) is 0.0952. The number of hydrogen-bond donors (Lipinski definition) is 1. The third-order valence-electron chi connectivity index (χ3n) is 4.58. The van der Waals surface area contributed by atoms with Crippen molar-refractivity contribution in [1.82, 2.24) is 4.57 Å². The molecule has 0 spiro atoms. The zero-order valence-electron chi connectivity index (χ0n) is 13.9. The SMILES string of the molecule is COC(=O)C1=C(N)c2cc3ccccc3n2CC=C1c1ccccc1. The molecule has 3 aromatic rings. The predicted octanol–water partition coefficient (Wildman–Crippen LogP) is 3.58. The Bertz CT molecular complexity index is 1030. The number of hydrogen-bond acceptors (Lipinski definition) is 3. The maximum absolute atomic E-state index is 12.5. The van der Waals surface area contributed by atoms with Crippen molar-refractivity contribution in [3.05, 3.63) is 83.6 Å². The number of methoxy groups -OCH3 is 1. The van der Waals surface area contributed by atoms with Crippen molar-refractivity contribution in [3.8, 4) is 0 Å². The molecule has 0 aliphatic carbocycles. The Labute approximate surface area is 145 Å². The fourth-order valence-corrected chi connectivity index (χ4v) is 3.39. The van der Waals surface area contributed by atoms with Crippen LogP contribution in [-0.4, -0.2) is 17.6 Å². The summed E-state index contributed by atoms with van der Waals surface area (Å²) in [6, 6.07) is 19.9. The maximum Gasteiger partial charge on any atom is 0.340 e. The molecule has 0 bridgehead atoms. The molecule has 124 valence electrons. The van der Waals surface area contributed by atoms with E-state index in [9.17, 15) is 4.79 Å². The number of para-hydroxylation sites is 1. The van der Waals surface area contributed by atoms with Gasteiger partial charge in [0.05, 0.1) is 24.1 Å². The van der Waals surface area contributed by atoms with Crippen LogP contribution in [0.5, 0.6) is 0 Å². The molecule has 2 heterocycles. The first kappa shape index (κ1) is 15.3. The first-order chi connectivity index (χ1) is 12.2. The van der Waals surface area contributed by atoms with E-state index in [-0.39, 0.29) is 0 Å². The van der Waals surface area contributed by atoms with Gasteiger partial charge in [-0.3, -0.25) is 0 Å². The molecule has 0 saturated heterocycles. The summed E-state index contributed by atoms with van der Waals surface area (Å²) < 4.78 is 7.16. The van der Waals surface area contributed by atoms with Gasteiger partial charge in [-0.2, -0.15) is 0 Å². The second-order valence-electron chi connectivity index (χ2n) is 5.96. The molecule has 1 aromatic heterocycles. The predicted molar refractivity (Wildman–Crippen MR) is 99.5 cm³/mol. The Hall–Kier alpha value is -3.27. The summed E-state index contributed by atoms with van der Waals surface area (Å²) >= 11 is 0. The van der Waals surface area contributed by atoms with Crippen molar-refractivity contribution in [2.75, 3.05) is 7.11 Å². The highest BCUT2D eigenvalue weighted by Gasteiger charge is 2.26. The topological polar surface area (TPSA) is 57.2 Å². The highest BCUT2D eigenvalue weighted by molar-refractivity contribution is 6.13. The summed E-state index contributed by atoms with van der Waals surface area (Å²) in [5, 5.41) is 1.10. The van der Waals surface area contributed by atoms with Crippen LogP contribution in [0.3, 0.4) is 0 Å². The van der Waals surface area contributed by atoms with Crippen LogP contribution in [-0.2, 0) is 16.1 Å². The number of nitrogens with two attached hydrogens (primary N) is 1. The molecule has 0 radical (unpaired) electrons. The summed E-state index contributed by atoms with van der Waals surface area (Å²) in [7, 11) is 1.38. The van der Waals surface area contributed by atoms with E-state index in [0.717, 1.165) is 27.7 Å². The van der Waals surface area contributed by atoms with Crippen LogP contribution in [0.2, 0.25) is 0 Å². The third kappa shape index (κ3) is 2.43. The zero-order chi connectivity index (χ0) is 17.4. The minimum atomic E-state index is -0.425. The van der Waals surface area contributed by atoms with Gasteiger partial charge in [-0.25, -0.2) is 4.79 Å². The number of aromatic nitrogens is 1. The summed E-state index contributed by atoms with van der Waals surface area (Å²) in [6.07, 6.45) is 2.04. The van der Waals surface area contributed by atoms with E-state index in [2.05, 4.69) is 10.6 Å². The summed E-state index contributed by atoms with van der Waals surface area (Å²) in [4.78, 5) is 12.5. The normalized spacial score (nSPS) is 14.0. The minimum Gasteiger partial charge on any atom is -0.465 e. The van der Waals surface area contributed by atoms with Crippen molar-refractivity contribution in [3.63, 3.8) is 0 Å². The Morgan fingerprint density at radius 1 is 1.08 bits per heavy atom. The molecule has 0 saturated carbocycles. The molecule has 4 rings (SSSR count). The van der Waals surface area contributed by atoms with Gasteiger partial charge in [0, 0.05) is 17.4 Å². The average molecular weight is 330 g/mol. The maximum atomic E-state index is 12.5. The smallest absolute Gasteiger partial charge is 0.340 e. The van der Waals surface area contributed by atoms with Crippen LogP contribution in [0.15, 0.2) is 72.3 Å². The first-order valence-corrected chi connectivity index (χ1v) is 8.13. The van der Waals surface area contributed by atoms with Crippen molar-refractivity contribution in [1.29, 1.82) is 0 Å². The van der Waals surface area contributed by atoms with Crippen LogP contribution in [0.25, 0.3) is 22.2 Å². The van der Waals surface area contributed by atoms with Gasteiger partial charge >= 0.3 is 5.97 Å². The highest BCUT2D eigenvalue weighted by Crippen LogP contribution is 2.34. The lowest BCUT2D eigenvalue weighted by atomic mass is 9.95. The number of benzene rings is 2. The second kappa shape index (κ2) is 5.98. The number of carbonyl (C=O) groups excluding carboxylic acids is 1. The molecule has 4 nitrogen and oxygen atoms in total. The van der Waals surface area contributed by atoms with Gasteiger partial charge in [0.1, 0.15) is 0 Å². The molecule has 0 unspecified atom stereocenters. The lowest BCUT2D eigenvalue weighted by Gasteiger charge is -2.12. The van der Waals surface area contributed by atoms with Crippen molar-refractivity contribution < 1.29 is 9.53 Å². The van der Waals surface area contributed by atoms with Crippen LogP contribution in [0, 0.1) is 0 Å². The third-order valence-corrected chi connectivity index (χ3v) is 4.58. The van der Waals surface area contributed by atoms with Gasteiger partial charge in [0.15, 0.2) is 0 Å². The van der Waals surface area contributed by atoms with Gasteiger partial charge in [-0.1, -0.05) is 54.6 Å². The summed E-state index contributed by atoms with van der Waals surface area (Å²) in [6.45, 7) is 0.633.